The molecule has 0 bridgehead atoms. The molecule has 1 amide bonds. The van der Waals surface area contributed by atoms with Crippen molar-refractivity contribution in [3.8, 4) is 0 Å². The van der Waals surface area contributed by atoms with Crippen molar-refractivity contribution in [1.82, 2.24) is 4.98 Å². The lowest BCUT2D eigenvalue weighted by Crippen LogP contribution is -2.47. The maximum Gasteiger partial charge on any atom is 0.416 e. The van der Waals surface area contributed by atoms with Gasteiger partial charge in [-0.1, -0.05) is 0 Å². The molecule has 1 aromatic rings. The summed E-state index contributed by atoms with van der Waals surface area (Å²) in [6, 6.07) is 1.43. The van der Waals surface area contributed by atoms with Crippen LogP contribution in [0.3, 0.4) is 0 Å². The molecule has 1 aliphatic rings. The Morgan fingerprint density at radius 2 is 1.92 bits per heavy atom. The smallest absolute Gasteiger partial charge is 0.381 e. The van der Waals surface area contributed by atoms with E-state index < -0.39 is 32.2 Å². The Morgan fingerprint density at radius 3 is 2.50 bits per heavy atom. The summed E-state index contributed by atoms with van der Waals surface area (Å²) in [7, 11) is -3.83. The Balaban J connectivity index is 2.14. The third-order valence-corrected chi connectivity index (χ3v) is 7.10. The number of amides is 1. The number of carbonyl (C=O) groups excluding carboxylic acids is 1. The molecular weight excluding hydrogens is 373 g/mol. The number of halogens is 3. The first kappa shape index (κ1) is 20.6. The van der Waals surface area contributed by atoms with Crippen molar-refractivity contribution in [1.29, 1.82) is 0 Å². The van der Waals surface area contributed by atoms with Gasteiger partial charge in [-0.2, -0.15) is 13.2 Å². The Bertz CT molecular complexity index is 757. The van der Waals surface area contributed by atoms with Crippen molar-refractivity contribution < 1.29 is 31.1 Å². The molecule has 1 fully saturated rings. The van der Waals surface area contributed by atoms with Crippen LogP contribution in [0.5, 0.6) is 0 Å². The molecule has 6 nitrogen and oxygen atoms in total. The van der Waals surface area contributed by atoms with Crippen LogP contribution < -0.4 is 5.32 Å². The highest BCUT2D eigenvalue weighted by Crippen LogP contribution is 2.30. The highest BCUT2D eigenvalue weighted by Gasteiger charge is 2.43. The van der Waals surface area contributed by atoms with E-state index in [1.807, 2.05) is 0 Å². The minimum absolute atomic E-state index is 0.104. The first-order chi connectivity index (χ1) is 11.9. The fourth-order valence-electron chi connectivity index (χ4n) is 2.51. The van der Waals surface area contributed by atoms with E-state index in [4.69, 9.17) is 4.74 Å². The molecule has 0 aromatic carbocycles. The second-order valence-corrected chi connectivity index (χ2v) is 9.31. The predicted molar refractivity (Wildman–Crippen MR) is 89.3 cm³/mol. The molecule has 1 aliphatic heterocycles. The SMILES string of the molecule is CC(C)(C(=O)Nc1cc(C(F)(F)F)ccn1)S(=O)(=O)CC1CCOCC1. The van der Waals surface area contributed by atoms with Crippen molar-refractivity contribution >= 4 is 21.6 Å². The summed E-state index contributed by atoms with van der Waals surface area (Å²) >= 11 is 0. The summed E-state index contributed by atoms with van der Waals surface area (Å²) in [5.74, 6) is -1.55. The van der Waals surface area contributed by atoms with E-state index in [-0.39, 0.29) is 17.5 Å². The van der Waals surface area contributed by atoms with Crippen LogP contribution in [0.2, 0.25) is 0 Å². The van der Waals surface area contributed by atoms with Crippen molar-refractivity contribution in [2.45, 2.75) is 37.6 Å². The first-order valence-electron chi connectivity index (χ1n) is 8.08. The monoisotopic (exact) mass is 394 g/mol. The van der Waals surface area contributed by atoms with Gasteiger partial charge in [-0.15, -0.1) is 0 Å². The highest BCUT2D eigenvalue weighted by molar-refractivity contribution is 7.93. The Hall–Kier alpha value is -1.68. The fourth-order valence-corrected chi connectivity index (χ4v) is 4.22. The standard InChI is InChI=1S/C16H21F3N2O4S/c1-15(2,26(23,24)10-11-4-7-25-8-5-11)14(22)21-13-9-12(3-6-20-13)16(17,18)19/h3,6,9,11H,4-5,7-8,10H2,1-2H3,(H,20,21,22). The number of alkyl halides is 3. The average molecular weight is 394 g/mol. The molecule has 1 aromatic heterocycles. The number of hydrogen-bond donors (Lipinski definition) is 1. The van der Waals surface area contributed by atoms with Crippen LogP contribution in [-0.2, 0) is 25.5 Å². The zero-order chi connectivity index (χ0) is 19.6. The lowest BCUT2D eigenvalue weighted by Gasteiger charge is -2.28. The van der Waals surface area contributed by atoms with Crippen LogP contribution >= 0.6 is 0 Å². The van der Waals surface area contributed by atoms with Gasteiger partial charge in [0.2, 0.25) is 5.91 Å². The number of carbonyl (C=O) groups is 1. The van der Waals surface area contributed by atoms with Gasteiger partial charge in [0.25, 0.3) is 0 Å². The van der Waals surface area contributed by atoms with Crippen LogP contribution in [0.15, 0.2) is 18.3 Å². The molecule has 0 saturated carbocycles. The quantitative estimate of drug-likeness (QED) is 0.830. The second kappa shape index (κ2) is 7.51. The van der Waals surface area contributed by atoms with Crippen molar-refractivity contribution in [2.24, 2.45) is 5.92 Å². The summed E-state index contributed by atoms with van der Waals surface area (Å²) in [6.07, 6.45) is -2.51. The van der Waals surface area contributed by atoms with E-state index in [0.29, 0.717) is 32.1 Å². The topological polar surface area (TPSA) is 85.4 Å². The highest BCUT2D eigenvalue weighted by atomic mass is 32.2. The van der Waals surface area contributed by atoms with Gasteiger partial charge in [-0.3, -0.25) is 4.79 Å². The van der Waals surface area contributed by atoms with E-state index in [2.05, 4.69) is 10.3 Å². The minimum atomic E-state index is -4.59. The van der Waals surface area contributed by atoms with Crippen LogP contribution in [0.1, 0.15) is 32.3 Å². The Morgan fingerprint density at radius 1 is 1.31 bits per heavy atom. The molecule has 1 N–H and O–H groups in total. The predicted octanol–water partition coefficient (Wildman–Crippen LogP) is 2.66. The largest absolute Gasteiger partial charge is 0.416 e. The number of nitrogens with one attached hydrogen (secondary N) is 1. The Labute approximate surface area is 150 Å². The summed E-state index contributed by atoms with van der Waals surface area (Å²) < 4.78 is 67.0. The molecule has 2 heterocycles. The number of sulfone groups is 1. The number of pyridine rings is 1. The van der Waals surface area contributed by atoms with E-state index in [1.165, 1.54) is 13.8 Å². The summed E-state index contributed by atoms with van der Waals surface area (Å²) in [5, 5.41) is 2.18. The molecule has 0 aliphatic carbocycles. The zero-order valence-electron chi connectivity index (χ0n) is 14.5. The van der Waals surface area contributed by atoms with Crippen LogP contribution in [0, 0.1) is 5.92 Å². The summed E-state index contributed by atoms with van der Waals surface area (Å²) in [4.78, 5) is 16.1. The first-order valence-corrected chi connectivity index (χ1v) is 9.73. The summed E-state index contributed by atoms with van der Waals surface area (Å²) in [5.41, 5.74) is -0.981. The summed E-state index contributed by atoms with van der Waals surface area (Å²) in [6.45, 7) is 3.43. The van der Waals surface area contributed by atoms with Gasteiger partial charge in [0, 0.05) is 19.4 Å². The third-order valence-electron chi connectivity index (χ3n) is 4.45. The van der Waals surface area contributed by atoms with Gasteiger partial charge in [-0.05, 0) is 44.7 Å². The van der Waals surface area contributed by atoms with Gasteiger partial charge in [0.15, 0.2) is 9.84 Å². The Kier molecular flexibility index (Phi) is 5.96. The lowest BCUT2D eigenvalue weighted by molar-refractivity contribution is -0.137. The fraction of sp³-hybridized carbons (Fsp3) is 0.625. The molecule has 0 spiro atoms. The van der Waals surface area contributed by atoms with Gasteiger partial charge in [-0.25, -0.2) is 13.4 Å². The van der Waals surface area contributed by atoms with E-state index in [0.717, 1.165) is 12.3 Å². The molecule has 0 atom stereocenters. The number of rotatable bonds is 5. The number of hydrogen-bond acceptors (Lipinski definition) is 5. The van der Waals surface area contributed by atoms with Crippen LogP contribution in [0.25, 0.3) is 0 Å². The van der Waals surface area contributed by atoms with Gasteiger partial charge in [0.05, 0.1) is 11.3 Å². The van der Waals surface area contributed by atoms with Crippen LogP contribution in [-0.4, -0.2) is 43.0 Å². The maximum atomic E-state index is 12.7. The third kappa shape index (κ3) is 4.73. The number of aromatic nitrogens is 1. The van der Waals surface area contributed by atoms with E-state index in [9.17, 15) is 26.4 Å². The molecule has 146 valence electrons. The lowest BCUT2D eigenvalue weighted by atomic mass is 10.0. The molecule has 10 heteroatoms. The number of ether oxygens (including phenoxy) is 1. The van der Waals surface area contributed by atoms with Gasteiger partial charge in [0.1, 0.15) is 10.6 Å². The van der Waals surface area contributed by atoms with Gasteiger partial charge >= 0.3 is 6.18 Å². The van der Waals surface area contributed by atoms with E-state index >= 15 is 0 Å². The number of nitrogens with zero attached hydrogens (tertiary/aromatic N) is 1. The minimum Gasteiger partial charge on any atom is -0.381 e. The molecule has 26 heavy (non-hydrogen) atoms. The maximum absolute atomic E-state index is 12.7. The average Bonchev–Trinajstić information content (AvgIpc) is 2.54. The molecular formula is C16H21F3N2O4S. The van der Waals surface area contributed by atoms with Crippen molar-refractivity contribution in [3.63, 3.8) is 0 Å². The van der Waals surface area contributed by atoms with Crippen LogP contribution in [0.4, 0.5) is 19.0 Å². The molecule has 2 rings (SSSR count). The normalized spacial score (nSPS) is 17.1. The zero-order valence-corrected chi connectivity index (χ0v) is 15.3. The van der Waals surface area contributed by atoms with Gasteiger partial charge < -0.3 is 10.1 Å². The van der Waals surface area contributed by atoms with Crippen molar-refractivity contribution in [2.75, 3.05) is 24.3 Å². The van der Waals surface area contributed by atoms with Crippen molar-refractivity contribution in [3.05, 3.63) is 23.9 Å². The molecule has 1 saturated heterocycles. The number of anilines is 1. The molecule has 0 unspecified atom stereocenters. The molecule has 0 radical (unpaired) electrons. The second-order valence-electron chi connectivity index (χ2n) is 6.73. The van der Waals surface area contributed by atoms with E-state index in [1.54, 1.807) is 0 Å².